The number of ether oxygens (including phenoxy) is 1. The molecule has 0 atom stereocenters. The van der Waals surface area contributed by atoms with Crippen molar-refractivity contribution in [3.63, 3.8) is 0 Å². The van der Waals surface area contributed by atoms with Crippen LogP contribution in [0.1, 0.15) is 19.3 Å². The molecule has 0 aromatic carbocycles. The van der Waals surface area contributed by atoms with Crippen molar-refractivity contribution in [2.45, 2.75) is 19.3 Å². The maximum Gasteiger partial charge on any atom is 0.126 e. The van der Waals surface area contributed by atoms with Gasteiger partial charge in [0.1, 0.15) is 11.6 Å². The lowest BCUT2D eigenvalue weighted by molar-refractivity contribution is 0.306. The average molecular weight is 259 g/mol. The van der Waals surface area contributed by atoms with Crippen LogP contribution in [0.15, 0.2) is 18.3 Å². The van der Waals surface area contributed by atoms with Crippen LogP contribution in [0.3, 0.4) is 0 Å². The Morgan fingerprint density at radius 2 is 2.21 bits per heavy atom. The minimum atomic E-state index is 0.503. The second-order valence-corrected chi connectivity index (χ2v) is 3.81. The molecule has 3 nitrogen and oxygen atoms in total. The molecule has 0 aliphatic heterocycles. The fourth-order valence-corrected chi connectivity index (χ4v) is 1.48. The largest absolute Gasteiger partial charge is 0.493 e. The fourth-order valence-electron chi connectivity index (χ4n) is 1.08. The molecule has 0 aliphatic rings. The van der Waals surface area contributed by atoms with Crippen LogP contribution < -0.4 is 10.5 Å². The van der Waals surface area contributed by atoms with Gasteiger partial charge in [0.2, 0.25) is 0 Å². The van der Waals surface area contributed by atoms with Gasteiger partial charge < -0.3 is 10.5 Å². The Morgan fingerprint density at radius 3 is 2.93 bits per heavy atom. The number of halogens is 1. The first-order valence-corrected chi connectivity index (χ1v) is 5.85. The van der Waals surface area contributed by atoms with Gasteiger partial charge in [-0.15, -0.1) is 0 Å². The predicted molar refractivity (Wildman–Crippen MR) is 61.8 cm³/mol. The van der Waals surface area contributed by atoms with Crippen molar-refractivity contribution < 1.29 is 4.74 Å². The van der Waals surface area contributed by atoms with Crippen LogP contribution in [0.5, 0.6) is 5.75 Å². The molecule has 1 heterocycles. The molecule has 4 heteroatoms. The van der Waals surface area contributed by atoms with Crippen molar-refractivity contribution in [2.75, 3.05) is 17.7 Å². The molecule has 0 spiro atoms. The molecule has 2 N–H and O–H groups in total. The van der Waals surface area contributed by atoms with Crippen LogP contribution in [0.2, 0.25) is 0 Å². The molecule has 0 saturated carbocycles. The third-order valence-electron chi connectivity index (χ3n) is 1.80. The highest BCUT2D eigenvalue weighted by Crippen LogP contribution is 2.12. The van der Waals surface area contributed by atoms with Gasteiger partial charge in [0.15, 0.2) is 0 Å². The van der Waals surface area contributed by atoms with Gasteiger partial charge in [0, 0.05) is 17.6 Å². The molecule has 78 valence electrons. The van der Waals surface area contributed by atoms with Crippen molar-refractivity contribution in [2.24, 2.45) is 0 Å². The summed E-state index contributed by atoms with van der Waals surface area (Å²) in [5.41, 5.74) is 5.51. The van der Waals surface area contributed by atoms with Crippen molar-refractivity contribution in [1.82, 2.24) is 4.98 Å². The first-order valence-electron chi connectivity index (χ1n) is 4.73. The predicted octanol–water partition coefficient (Wildman–Crippen LogP) is 2.61. The van der Waals surface area contributed by atoms with Gasteiger partial charge in [-0.3, -0.25) is 0 Å². The lowest BCUT2D eigenvalue weighted by Crippen LogP contribution is -1.98. The van der Waals surface area contributed by atoms with Crippen molar-refractivity contribution in [3.05, 3.63) is 18.3 Å². The van der Waals surface area contributed by atoms with E-state index in [9.17, 15) is 0 Å². The van der Waals surface area contributed by atoms with E-state index >= 15 is 0 Å². The SMILES string of the molecule is Nc1cc(OCCCCCBr)ccn1. The van der Waals surface area contributed by atoms with E-state index in [2.05, 4.69) is 20.9 Å². The smallest absolute Gasteiger partial charge is 0.126 e. The van der Waals surface area contributed by atoms with Gasteiger partial charge in [-0.2, -0.15) is 0 Å². The minimum Gasteiger partial charge on any atom is -0.493 e. The Kier molecular flexibility index (Phi) is 5.37. The van der Waals surface area contributed by atoms with Crippen LogP contribution in [0.25, 0.3) is 0 Å². The van der Waals surface area contributed by atoms with Gasteiger partial charge >= 0.3 is 0 Å². The fraction of sp³-hybridized carbons (Fsp3) is 0.500. The molecule has 0 bridgehead atoms. The molecule has 0 amide bonds. The lowest BCUT2D eigenvalue weighted by atomic mass is 10.3. The van der Waals surface area contributed by atoms with Crippen molar-refractivity contribution in [3.8, 4) is 5.75 Å². The number of anilines is 1. The van der Waals surface area contributed by atoms with Crippen LogP contribution in [0.4, 0.5) is 5.82 Å². The number of nitrogen functional groups attached to an aromatic ring is 1. The summed E-state index contributed by atoms with van der Waals surface area (Å²) in [7, 11) is 0. The number of nitrogens with zero attached hydrogens (tertiary/aromatic N) is 1. The monoisotopic (exact) mass is 258 g/mol. The zero-order valence-corrected chi connectivity index (χ0v) is 9.66. The molecule has 0 saturated heterocycles. The molecule has 1 rings (SSSR count). The van der Waals surface area contributed by atoms with Crippen molar-refractivity contribution >= 4 is 21.7 Å². The molecule has 1 aromatic heterocycles. The van der Waals surface area contributed by atoms with E-state index in [1.54, 1.807) is 12.3 Å². The minimum absolute atomic E-state index is 0.503. The average Bonchev–Trinajstić information content (AvgIpc) is 2.18. The standard InChI is InChI=1S/C10H15BrN2O/c11-5-2-1-3-7-14-9-4-6-13-10(12)8-9/h4,6,8H,1-3,5,7H2,(H2,12,13). The second-order valence-electron chi connectivity index (χ2n) is 3.01. The van der Waals surface area contributed by atoms with Crippen molar-refractivity contribution in [1.29, 1.82) is 0 Å². The summed E-state index contributed by atoms with van der Waals surface area (Å²) in [6.07, 6.45) is 5.12. The van der Waals surface area contributed by atoms with E-state index < -0.39 is 0 Å². The molecule has 1 aromatic rings. The molecule has 0 aliphatic carbocycles. The number of alkyl halides is 1. The third-order valence-corrected chi connectivity index (χ3v) is 2.36. The summed E-state index contributed by atoms with van der Waals surface area (Å²) >= 11 is 3.39. The third kappa shape index (κ3) is 4.46. The van der Waals surface area contributed by atoms with E-state index in [1.807, 2.05) is 6.07 Å². The highest BCUT2D eigenvalue weighted by atomic mass is 79.9. The highest BCUT2D eigenvalue weighted by Gasteiger charge is 1.94. The van der Waals surface area contributed by atoms with Gasteiger partial charge in [0.05, 0.1) is 6.61 Å². The molecular weight excluding hydrogens is 244 g/mol. The van der Waals surface area contributed by atoms with Gasteiger partial charge in [-0.25, -0.2) is 4.98 Å². The Hall–Kier alpha value is -0.770. The number of nitrogens with two attached hydrogens (primary N) is 1. The van der Waals surface area contributed by atoms with Gasteiger partial charge in [-0.05, 0) is 25.3 Å². The summed E-state index contributed by atoms with van der Waals surface area (Å²) in [5.74, 6) is 1.30. The van der Waals surface area contributed by atoms with E-state index in [0.29, 0.717) is 5.82 Å². The Labute approximate surface area is 92.8 Å². The summed E-state index contributed by atoms with van der Waals surface area (Å²) < 4.78 is 5.50. The van der Waals surface area contributed by atoms with Crippen LogP contribution in [-0.2, 0) is 0 Å². The highest BCUT2D eigenvalue weighted by molar-refractivity contribution is 9.09. The molecular formula is C10H15BrN2O. The Morgan fingerprint density at radius 1 is 1.36 bits per heavy atom. The first-order chi connectivity index (χ1) is 6.83. The summed E-state index contributed by atoms with van der Waals surface area (Å²) in [5, 5.41) is 1.06. The Bertz CT molecular complexity index is 268. The zero-order chi connectivity index (χ0) is 10.2. The molecule has 0 fully saturated rings. The van der Waals surface area contributed by atoms with Gasteiger partial charge in [-0.1, -0.05) is 15.9 Å². The number of hydrogen-bond donors (Lipinski definition) is 1. The van der Waals surface area contributed by atoms with Crippen LogP contribution in [0, 0.1) is 0 Å². The maximum atomic E-state index is 5.51. The summed E-state index contributed by atoms with van der Waals surface area (Å²) in [4.78, 5) is 3.89. The molecule has 0 radical (unpaired) electrons. The lowest BCUT2D eigenvalue weighted by Gasteiger charge is -2.05. The number of unbranched alkanes of at least 4 members (excludes halogenated alkanes) is 2. The van der Waals surface area contributed by atoms with E-state index in [4.69, 9.17) is 10.5 Å². The van der Waals surface area contributed by atoms with E-state index in [1.165, 1.54) is 12.8 Å². The molecule has 0 unspecified atom stereocenters. The number of pyridine rings is 1. The number of hydrogen-bond acceptors (Lipinski definition) is 3. The van der Waals surface area contributed by atoms with Crippen LogP contribution in [-0.4, -0.2) is 16.9 Å². The zero-order valence-electron chi connectivity index (χ0n) is 8.08. The van der Waals surface area contributed by atoms with Gasteiger partial charge in [0.25, 0.3) is 0 Å². The number of rotatable bonds is 6. The van der Waals surface area contributed by atoms with Crippen LogP contribution >= 0.6 is 15.9 Å². The van der Waals surface area contributed by atoms with E-state index in [-0.39, 0.29) is 0 Å². The quantitative estimate of drug-likeness (QED) is 0.631. The summed E-state index contributed by atoms with van der Waals surface area (Å²) in [6.45, 7) is 0.746. The first kappa shape index (κ1) is 11.3. The summed E-state index contributed by atoms with van der Waals surface area (Å²) in [6, 6.07) is 3.56. The van der Waals surface area contributed by atoms with E-state index in [0.717, 1.165) is 24.1 Å². The topological polar surface area (TPSA) is 48.1 Å². The molecule has 14 heavy (non-hydrogen) atoms. The normalized spacial score (nSPS) is 10.1. The second kappa shape index (κ2) is 6.65. The maximum absolute atomic E-state index is 5.51. The Balaban J connectivity index is 2.18. The number of aromatic nitrogens is 1.